The highest BCUT2D eigenvalue weighted by atomic mass is 16.5. The number of rotatable bonds is 4. The van der Waals surface area contributed by atoms with E-state index in [4.69, 9.17) is 9.47 Å². The summed E-state index contributed by atoms with van der Waals surface area (Å²) in [7, 11) is 3.46. The lowest BCUT2D eigenvalue weighted by Gasteiger charge is -2.24. The Labute approximate surface area is 110 Å². The third-order valence-electron chi connectivity index (χ3n) is 3.57. The van der Waals surface area contributed by atoms with Crippen molar-refractivity contribution in [2.24, 2.45) is 0 Å². The van der Waals surface area contributed by atoms with Crippen molar-refractivity contribution in [3.63, 3.8) is 0 Å². The molecule has 0 bridgehead atoms. The molecule has 3 rings (SSSR count). The zero-order valence-electron chi connectivity index (χ0n) is 11.0. The quantitative estimate of drug-likeness (QED) is 0.870. The lowest BCUT2D eigenvalue weighted by atomic mass is 10.2. The van der Waals surface area contributed by atoms with Crippen molar-refractivity contribution in [1.82, 2.24) is 20.2 Å². The summed E-state index contributed by atoms with van der Waals surface area (Å²) in [4.78, 5) is 10.8. The van der Waals surface area contributed by atoms with Crippen LogP contribution in [0, 0.1) is 0 Å². The fraction of sp³-hybridized carbons (Fsp3) is 0.583. The summed E-state index contributed by atoms with van der Waals surface area (Å²) in [5.74, 6) is 0.889. The molecule has 7 heteroatoms. The Morgan fingerprint density at radius 1 is 1.42 bits per heavy atom. The molecule has 7 nitrogen and oxygen atoms in total. The molecule has 3 heterocycles. The molecule has 0 aliphatic carbocycles. The van der Waals surface area contributed by atoms with Gasteiger partial charge in [0.25, 0.3) is 0 Å². The number of methoxy groups -OCH3 is 2. The third-order valence-corrected chi connectivity index (χ3v) is 3.57. The molecule has 0 unspecified atom stereocenters. The van der Waals surface area contributed by atoms with Gasteiger partial charge in [0.2, 0.25) is 0 Å². The first kappa shape index (κ1) is 12.3. The first-order valence-corrected chi connectivity index (χ1v) is 6.26. The second-order valence-corrected chi connectivity index (χ2v) is 4.68. The lowest BCUT2D eigenvalue weighted by molar-refractivity contribution is 0.111. The van der Waals surface area contributed by atoms with Crippen LogP contribution in [0.1, 0.15) is 6.42 Å². The van der Waals surface area contributed by atoms with Gasteiger partial charge in [-0.05, 0) is 6.42 Å². The highest BCUT2D eigenvalue weighted by molar-refractivity contribution is 5.86. The third kappa shape index (κ3) is 2.15. The van der Waals surface area contributed by atoms with Crippen LogP contribution in [0.2, 0.25) is 0 Å². The fourth-order valence-corrected chi connectivity index (χ4v) is 2.64. The summed E-state index contributed by atoms with van der Waals surface area (Å²) in [6.07, 6.45) is 4.46. The molecular formula is C12H17N5O2. The predicted molar refractivity (Wildman–Crippen MR) is 70.1 cm³/mol. The van der Waals surface area contributed by atoms with Crippen molar-refractivity contribution in [1.29, 1.82) is 0 Å². The second kappa shape index (κ2) is 5.10. The van der Waals surface area contributed by atoms with E-state index < -0.39 is 0 Å². The van der Waals surface area contributed by atoms with Gasteiger partial charge in [0.15, 0.2) is 5.65 Å². The molecule has 2 aromatic rings. The maximum Gasteiger partial charge on any atom is 0.160 e. The Morgan fingerprint density at radius 3 is 3.11 bits per heavy atom. The Bertz CT molecular complexity index is 558. The standard InChI is InChI=1S/C12H17N5O2/c1-18-6-8-3-9(19-2)5-17(8)12-10-4-15-16-11(10)13-7-14-12/h4,7-9H,3,5-6H2,1-2H3,(H,13,14,15,16)/t8-,9+/m0/s1. The molecule has 1 fully saturated rings. The number of nitrogens with one attached hydrogen (secondary N) is 1. The van der Waals surface area contributed by atoms with E-state index in [9.17, 15) is 0 Å². The summed E-state index contributed by atoms with van der Waals surface area (Å²) < 4.78 is 10.8. The number of hydrogen-bond donors (Lipinski definition) is 1. The molecule has 1 aliphatic rings. The number of H-pyrrole nitrogens is 1. The van der Waals surface area contributed by atoms with E-state index in [-0.39, 0.29) is 12.1 Å². The topological polar surface area (TPSA) is 76.2 Å². The van der Waals surface area contributed by atoms with Crippen molar-refractivity contribution < 1.29 is 9.47 Å². The predicted octanol–water partition coefficient (Wildman–Crippen LogP) is 0.593. The van der Waals surface area contributed by atoms with Gasteiger partial charge in [0, 0.05) is 20.8 Å². The largest absolute Gasteiger partial charge is 0.383 e. The van der Waals surface area contributed by atoms with E-state index in [1.54, 1.807) is 26.7 Å². The normalized spacial score (nSPS) is 23.4. The van der Waals surface area contributed by atoms with Crippen LogP contribution >= 0.6 is 0 Å². The number of aromatic nitrogens is 4. The minimum Gasteiger partial charge on any atom is -0.383 e. The van der Waals surface area contributed by atoms with Gasteiger partial charge < -0.3 is 14.4 Å². The minimum absolute atomic E-state index is 0.206. The van der Waals surface area contributed by atoms with Crippen LogP contribution in [0.15, 0.2) is 12.5 Å². The minimum atomic E-state index is 0.206. The summed E-state index contributed by atoms with van der Waals surface area (Å²) >= 11 is 0. The number of ether oxygens (including phenoxy) is 2. The zero-order valence-corrected chi connectivity index (χ0v) is 11.0. The van der Waals surface area contributed by atoms with Crippen molar-refractivity contribution in [2.75, 3.05) is 32.3 Å². The van der Waals surface area contributed by atoms with E-state index >= 15 is 0 Å². The molecule has 1 N–H and O–H groups in total. The Balaban J connectivity index is 1.97. The van der Waals surface area contributed by atoms with Gasteiger partial charge in [-0.2, -0.15) is 5.10 Å². The average molecular weight is 263 g/mol. The maximum absolute atomic E-state index is 5.47. The highest BCUT2D eigenvalue weighted by Gasteiger charge is 2.34. The first-order valence-electron chi connectivity index (χ1n) is 6.26. The highest BCUT2D eigenvalue weighted by Crippen LogP contribution is 2.29. The van der Waals surface area contributed by atoms with Crippen LogP contribution in [0.25, 0.3) is 11.0 Å². The van der Waals surface area contributed by atoms with E-state index in [1.165, 1.54) is 0 Å². The SMILES string of the molecule is COC[C@@H]1C[C@@H](OC)CN1c1ncnc2[nH]ncc12. The molecule has 1 saturated heterocycles. The van der Waals surface area contributed by atoms with Crippen LogP contribution in [-0.2, 0) is 9.47 Å². The molecule has 102 valence electrons. The molecule has 0 radical (unpaired) electrons. The van der Waals surface area contributed by atoms with Crippen LogP contribution in [-0.4, -0.2) is 59.7 Å². The van der Waals surface area contributed by atoms with Gasteiger partial charge in [-0.3, -0.25) is 5.10 Å². The maximum atomic E-state index is 5.47. The molecule has 0 spiro atoms. The molecule has 0 saturated carbocycles. The Hall–Kier alpha value is -1.73. The second-order valence-electron chi connectivity index (χ2n) is 4.68. The van der Waals surface area contributed by atoms with Gasteiger partial charge in [-0.25, -0.2) is 9.97 Å². The molecule has 2 atom stereocenters. The summed E-state index contributed by atoms with van der Waals surface area (Å²) in [5.41, 5.74) is 0.752. The van der Waals surface area contributed by atoms with Crippen molar-refractivity contribution in [2.45, 2.75) is 18.6 Å². The smallest absolute Gasteiger partial charge is 0.160 e. The molecule has 19 heavy (non-hydrogen) atoms. The monoisotopic (exact) mass is 263 g/mol. The zero-order chi connectivity index (χ0) is 13.2. The van der Waals surface area contributed by atoms with E-state index in [2.05, 4.69) is 25.1 Å². The summed E-state index contributed by atoms with van der Waals surface area (Å²) in [5, 5.41) is 7.82. The van der Waals surface area contributed by atoms with Crippen molar-refractivity contribution in [3.8, 4) is 0 Å². The summed E-state index contributed by atoms with van der Waals surface area (Å²) in [6.45, 7) is 1.46. The number of hydrogen-bond acceptors (Lipinski definition) is 6. The van der Waals surface area contributed by atoms with Gasteiger partial charge in [0.05, 0.1) is 30.3 Å². The van der Waals surface area contributed by atoms with E-state index in [0.717, 1.165) is 29.8 Å². The van der Waals surface area contributed by atoms with Crippen molar-refractivity contribution in [3.05, 3.63) is 12.5 Å². The van der Waals surface area contributed by atoms with Crippen LogP contribution in [0.3, 0.4) is 0 Å². The molecule has 0 amide bonds. The molecule has 1 aliphatic heterocycles. The lowest BCUT2D eigenvalue weighted by Crippen LogP contribution is -2.33. The van der Waals surface area contributed by atoms with Gasteiger partial charge in [-0.1, -0.05) is 0 Å². The van der Waals surface area contributed by atoms with Gasteiger partial charge in [-0.15, -0.1) is 0 Å². The fourth-order valence-electron chi connectivity index (χ4n) is 2.64. The Kier molecular flexibility index (Phi) is 3.31. The van der Waals surface area contributed by atoms with Crippen LogP contribution in [0.4, 0.5) is 5.82 Å². The average Bonchev–Trinajstić information content (AvgIpc) is 3.04. The van der Waals surface area contributed by atoms with Crippen LogP contribution in [0.5, 0.6) is 0 Å². The van der Waals surface area contributed by atoms with Crippen molar-refractivity contribution >= 4 is 16.9 Å². The Morgan fingerprint density at radius 2 is 2.32 bits per heavy atom. The van der Waals surface area contributed by atoms with E-state index in [0.29, 0.717) is 6.61 Å². The number of fused-ring (bicyclic) bond motifs is 1. The number of aromatic amines is 1. The number of nitrogens with zero attached hydrogens (tertiary/aromatic N) is 4. The van der Waals surface area contributed by atoms with E-state index in [1.807, 2.05) is 0 Å². The van der Waals surface area contributed by atoms with Crippen LogP contribution < -0.4 is 4.90 Å². The van der Waals surface area contributed by atoms with Gasteiger partial charge >= 0.3 is 0 Å². The first-order chi connectivity index (χ1) is 9.33. The van der Waals surface area contributed by atoms with Gasteiger partial charge in [0.1, 0.15) is 12.1 Å². The molecule has 0 aromatic carbocycles. The summed E-state index contributed by atoms with van der Waals surface area (Å²) in [6, 6.07) is 0.267. The molecule has 2 aromatic heterocycles. The molecular weight excluding hydrogens is 246 g/mol. The number of anilines is 1.